The predicted octanol–water partition coefficient (Wildman–Crippen LogP) is 0.148. The Balaban J connectivity index is 2.57. The summed E-state index contributed by atoms with van der Waals surface area (Å²) in [4.78, 5) is 0. The van der Waals surface area contributed by atoms with E-state index in [0.717, 1.165) is 5.56 Å². The number of rotatable bonds is 4. The van der Waals surface area contributed by atoms with Gasteiger partial charge in [-0.15, -0.1) is 0 Å². The Hall–Kier alpha value is -0.900. The molecular weight excluding hydrogens is 168 g/mol. The Labute approximate surface area is 77.3 Å². The molecule has 0 radical (unpaired) electrons. The number of aliphatic hydroxyl groups excluding tert-OH is 2. The van der Waals surface area contributed by atoms with Crippen molar-refractivity contribution in [2.45, 2.75) is 12.7 Å². The molecule has 0 aliphatic carbocycles. The molecule has 3 heteroatoms. The first-order valence-corrected chi connectivity index (χ1v) is 4.25. The van der Waals surface area contributed by atoms with Gasteiger partial charge in [0.05, 0.1) is 6.61 Å². The van der Waals surface area contributed by atoms with Crippen LogP contribution < -0.4 is 0 Å². The van der Waals surface area contributed by atoms with E-state index in [1.54, 1.807) is 0 Å². The molecule has 0 saturated carbocycles. The van der Waals surface area contributed by atoms with Crippen molar-refractivity contribution in [2.75, 3.05) is 6.61 Å². The molecule has 0 amide bonds. The van der Waals surface area contributed by atoms with Gasteiger partial charge in [0.1, 0.15) is 0 Å². The van der Waals surface area contributed by atoms with E-state index < -0.39 is 12.2 Å². The first-order valence-electron chi connectivity index (χ1n) is 4.25. The molecule has 72 valence electrons. The number of hydrogen-bond acceptors (Lipinski definition) is 3. The third kappa shape index (κ3) is 3.14. The summed E-state index contributed by atoms with van der Waals surface area (Å²) in [6.07, 6.45) is -0.972. The summed E-state index contributed by atoms with van der Waals surface area (Å²) in [5, 5.41) is 26.6. The topological polar surface area (TPSA) is 60.7 Å². The second-order valence-electron chi connectivity index (χ2n) is 3.05. The summed E-state index contributed by atoms with van der Waals surface area (Å²) in [5.74, 6) is -0.498. The highest BCUT2D eigenvalue weighted by atomic mass is 16.5. The first kappa shape index (κ1) is 10.2. The maximum Gasteiger partial charge on any atom is 0.156 e. The second-order valence-corrected chi connectivity index (χ2v) is 3.05. The predicted molar refractivity (Wildman–Crippen MR) is 48.9 cm³/mol. The van der Waals surface area contributed by atoms with Crippen LogP contribution in [-0.4, -0.2) is 28.2 Å². The van der Waals surface area contributed by atoms with Gasteiger partial charge in [-0.2, -0.15) is 0 Å². The smallest absolute Gasteiger partial charge is 0.156 e. The standard InChI is InChI=1S/C10H14O3/c11-7-9(10(12)13)6-8-4-2-1-3-5-8/h1-5,9-13H,6-7H2. The fourth-order valence-electron chi connectivity index (χ4n) is 1.18. The second kappa shape index (κ2) is 4.97. The van der Waals surface area contributed by atoms with E-state index in [1.165, 1.54) is 0 Å². The summed E-state index contributed by atoms with van der Waals surface area (Å²) in [5.41, 5.74) is 0.995. The molecule has 0 aromatic heterocycles. The van der Waals surface area contributed by atoms with Gasteiger partial charge in [-0.3, -0.25) is 0 Å². The van der Waals surface area contributed by atoms with Gasteiger partial charge in [0.15, 0.2) is 6.29 Å². The zero-order valence-corrected chi connectivity index (χ0v) is 7.30. The fraction of sp³-hybridized carbons (Fsp3) is 0.400. The van der Waals surface area contributed by atoms with Gasteiger partial charge in [-0.1, -0.05) is 30.3 Å². The van der Waals surface area contributed by atoms with Gasteiger partial charge in [0.25, 0.3) is 0 Å². The molecule has 3 nitrogen and oxygen atoms in total. The summed E-state index contributed by atoms with van der Waals surface area (Å²) in [7, 11) is 0. The Morgan fingerprint density at radius 1 is 1.08 bits per heavy atom. The van der Waals surface area contributed by atoms with Crippen LogP contribution in [0.25, 0.3) is 0 Å². The van der Waals surface area contributed by atoms with Gasteiger partial charge >= 0.3 is 0 Å². The van der Waals surface area contributed by atoms with E-state index in [2.05, 4.69) is 0 Å². The van der Waals surface area contributed by atoms with Crippen LogP contribution in [0.3, 0.4) is 0 Å². The van der Waals surface area contributed by atoms with Crippen LogP contribution in [0.15, 0.2) is 30.3 Å². The average molecular weight is 182 g/mol. The Morgan fingerprint density at radius 3 is 2.15 bits per heavy atom. The minimum absolute atomic E-state index is 0.216. The molecule has 3 N–H and O–H groups in total. The Morgan fingerprint density at radius 2 is 1.69 bits per heavy atom. The lowest BCUT2D eigenvalue weighted by Gasteiger charge is -2.15. The van der Waals surface area contributed by atoms with Crippen molar-refractivity contribution in [2.24, 2.45) is 5.92 Å². The highest BCUT2D eigenvalue weighted by Crippen LogP contribution is 2.10. The molecule has 0 aliphatic heterocycles. The zero-order chi connectivity index (χ0) is 9.68. The fourth-order valence-corrected chi connectivity index (χ4v) is 1.18. The lowest BCUT2D eigenvalue weighted by atomic mass is 10.00. The van der Waals surface area contributed by atoms with Crippen LogP contribution in [0.5, 0.6) is 0 Å². The van der Waals surface area contributed by atoms with Crippen molar-refractivity contribution in [1.29, 1.82) is 0 Å². The van der Waals surface area contributed by atoms with Gasteiger partial charge in [-0.25, -0.2) is 0 Å². The number of aliphatic hydroxyl groups is 3. The lowest BCUT2D eigenvalue weighted by Crippen LogP contribution is -2.25. The molecule has 1 aromatic carbocycles. The van der Waals surface area contributed by atoms with Crippen LogP contribution >= 0.6 is 0 Å². The first-order chi connectivity index (χ1) is 6.24. The summed E-state index contributed by atoms with van der Waals surface area (Å²) in [6.45, 7) is -0.216. The van der Waals surface area contributed by atoms with E-state index in [4.69, 9.17) is 15.3 Å². The minimum Gasteiger partial charge on any atom is -0.396 e. The molecular formula is C10H14O3. The molecule has 0 spiro atoms. The van der Waals surface area contributed by atoms with Gasteiger partial charge in [-0.05, 0) is 12.0 Å². The van der Waals surface area contributed by atoms with Gasteiger partial charge < -0.3 is 15.3 Å². The SMILES string of the molecule is OCC(Cc1ccccc1)C(O)O. The lowest BCUT2D eigenvalue weighted by molar-refractivity contribution is -0.0959. The molecule has 0 heterocycles. The molecule has 0 bridgehead atoms. The normalized spacial score (nSPS) is 13.2. The van der Waals surface area contributed by atoms with Crippen molar-refractivity contribution in [3.05, 3.63) is 35.9 Å². The van der Waals surface area contributed by atoms with Crippen LogP contribution in [-0.2, 0) is 6.42 Å². The number of benzene rings is 1. The minimum atomic E-state index is -1.45. The highest BCUT2D eigenvalue weighted by molar-refractivity contribution is 5.15. The molecule has 0 aliphatic rings. The monoisotopic (exact) mass is 182 g/mol. The van der Waals surface area contributed by atoms with E-state index in [-0.39, 0.29) is 6.61 Å². The van der Waals surface area contributed by atoms with Crippen molar-refractivity contribution in [1.82, 2.24) is 0 Å². The molecule has 1 unspecified atom stereocenters. The maximum absolute atomic E-state index is 8.87. The summed E-state index contributed by atoms with van der Waals surface area (Å²) >= 11 is 0. The van der Waals surface area contributed by atoms with Crippen LogP contribution in [0.1, 0.15) is 5.56 Å². The van der Waals surface area contributed by atoms with Crippen molar-refractivity contribution >= 4 is 0 Å². The molecule has 1 rings (SSSR count). The largest absolute Gasteiger partial charge is 0.396 e. The van der Waals surface area contributed by atoms with E-state index >= 15 is 0 Å². The molecule has 0 fully saturated rings. The van der Waals surface area contributed by atoms with Crippen molar-refractivity contribution in [3.8, 4) is 0 Å². The zero-order valence-electron chi connectivity index (χ0n) is 7.30. The van der Waals surface area contributed by atoms with E-state index in [1.807, 2.05) is 30.3 Å². The van der Waals surface area contributed by atoms with Crippen LogP contribution in [0.4, 0.5) is 0 Å². The molecule has 1 atom stereocenters. The molecule has 0 saturated heterocycles. The maximum atomic E-state index is 8.87. The number of hydrogen-bond donors (Lipinski definition) is 3. The molecule has 13 heavy (non-hydrogen) atoms. The van der Waals surface area contributed by atoms with E-state index in [0.29, 0.717) is 6.42 Å². The summed E-state index contributed by atoms with van der Waals surface area (Å²) < 4.78 is 0. The van der Waals surface area contributed by atoms with E-state index in [9.17, 15) is 0 Å². The van der Waals surface area contributed by atoms with Gasteiger partial charge in [0, 0.05) is 5.92 Å². The Kier molecular flexibility index (Phi) is 3.89. The van der Waals surface area contributed by atoms with Crippen LogP contribution in [0.2, 0.25) is 0 Å². The Bertz CT molecular complexity index is 233. The van der Waals surface area contributed by atoms with Crippen molar-refractivity contribution in [3.63, 3.8) is 0 Å². The third-order valence-electron chi connectivity index (χ3n) is 2.00. The van der Waals surface area contributed by atoms with Crippen molar-refractivity contribution < 1.29 is 15.3 Å². The quantitative estimate of drug-likeness (QED) is 0.581. The van der Waals surface area contributed by atoms with Crippen LogP contribution in [0, 0.1) is 5.92 Å². The van der Waals surface area contributed by atoms with Gasteiger partial charge in [0.2, 0.25) is 0 Å². The average Bonchev–Trinajstić information content (AvgIpc) is 2.15. The molecule has 1 aromatic rings. The highest BCUT2D eigenvalue weighted by Gasteiger charge is 2.15. The third-order valence-corrected chi connectivity index (χ3v) is 2.00. The summed E-state index contributed by atoms with van der Waals surface area (Å²) in [6, 6.07) is 9.45.